The number of hydrogen-bond acceptors (Lipinski definition) is 3. The van der Waals surface area contributed by atoms with Crippen LogP contribution in [-0.2, 0) is 9.59 Å². The molecular weight excluding hydrogens is 314 g/mol. The Bertz CT molecular complexity index is 829. The van der Waals surface area contributed by atoms with Crippen molar-refractivity contribution < 1.29 is 9.59 Å². The van der Waals surface area contributed by atoms with Crippen LogP contribution in [0.15, 0.2) is 24.3 Å². The van der Waals surface area contributed by atoms with E-state index in [1.807, 2.05) is 31.2 Å². The molecule has 3 rings (SSSR count). The Morgan fingerprint density at radius 3 is 2.72 bits per heavy atom. The number of hydrogen-bond donors (Lipinski definition) is 1. The number of amides is 2. The van der Waals surface area contributed by atoms with Crippen LogP contribution in [0, 0.1) is 12.8 Å². The number of piperidine rings is 1. The van der Waals surface area contributed by atoms with E-state index in [9.17, 15) is 9.59 Å². The molecule has 0 bridgehead atoms. The van der Waals surface area contributed by atoms with Crippen LogP contribution in [0.1, 0.15) is 43.9 Å². The van der Waals surface area contributed by atoms with E-state index in [0.29, 0.717) is 13.0 Å². The zero-order valence-corrected chi connectivity index (χ0v) is 15.3. The molecule has 132 valence electrons. The highest BCUT2D eigenvalue weighted by atomic mass is 16.2. The van der Waals surface area contributed by atoms with E-state index in [4.69, 9.17) is 0 Å². The smallest absolute Gasteiger partial charge is 0.228 e. The van der Waals surface area contributed by atoms with Gasteiger partial charge in [-0.25, -0.2) is 0 Å². The van der Waals surface area contributed by atoms with Crippen molar-refractivity contribution in [3.05, 3.63) is 35.5 Å². The van der Waals surface area contributed by atoms with Crippen molar-refractivity contribution in [2.45, 2.75) is 39.5 Å². The molecule has 0 saturated carbocycles. The fourth-order valence-electron chi connectivity index (χ4n) is 3.58. The van der Waals surface area contributed by atoms with Gasteiger partial charge in [0.15, 0.2) is 0 Å². The third kappa shape index (κ3) is 3.36. The van der Waals surface area contributed by atoms with Crippen molar-refractivity contribution in [2.24, 2.45) is 5.92 Å². The number of anilines is 1. The van der Waals surface area contributed by atoms with Crippen molar-refractivity contribution in [2.75, 3.05) is 18.9 Å². The number of aryl methyl sites for hydroxylation is 1. The van der Waals surface area contributed by atoms with Gasteiger partial charge in [-0.15, -0.1) is 0 Å². The maximum Gasteiger partial charge on any atom is 0.228 e. The lowest BCUT2D eigenvalue weighted by Gasteiger charge is -2.28. The standard InChI is InChI=1S/C20H25N3O2/c1-12(2)18-13(3)21-16-8-6-5-7-15(16)19(18)22-20(25)14-9-10-23(4)17(24)11-14/h5-8,12,14H,9-11H2,1-4H3,(H,21,22,25)/t14-/m0/s1. The Kier molecular flexibility index (Phi) is 4.75. The van der Waals surface area contributed by atoms with Gasteiger partial charge in [-0.2, -0.15) is 0 Å². The monoisotopic (exact) mass is 339 g/mol. The lowest BCUT2D eigenvalue weighted by atomic mass is 9.93. The van der Waals surface area contributed by atoms with Gasteiger partial charge in [0.25, 0.3) is 0 Å². The number of carbonyl (C=O) groups excluding carboxylic acids is 2. The van der Waals surface area contributed by atoms with Crippen molar-refractivity contribution >= 4 is 28.4 Å². The summed E-state index contributed by atoms with van der Waals surface area (Å²) in [5.41, 5.74) is 3.71. The second-order valence-corrected chi connectivity index (χ2v) is 7.15. The van der Waals surface area contributed by atoms with Crippen LogP contribution in [0.4, 0.5) is 5.69 Å². The molecule has 1 fully saturated rings. The van der Waals surface area contributed by atoms with Crippen LogP contribution in [0.5, 0.6) is 0 Å². The first-order chi connectivity index (χ1) is 11.9. The molecule has 2 heterocycles. The fraction of sp³-hybridized carbons (Fsp3) is 0.450. The molecule has 1 aliphatic rings. The molecule has 1 aromatic heterocycles. The Labute approximate surface area is 148 Å². The highest BCUT2D eigenvalue weighted by Gasteiger charge is 2.29. The molecule has 0 aliphatic carbocycles. The van der Waals surface area contributed by atoms with E-state index < -0.39 is 0 Å². The normalized spacial score (nSPS) is 18.0. The Morgan fingerprint density at radius 2 is 2.04 bits per heavy atom. The summed E-state index contributed by atoms with van der Waals surface area (Å²) in [6.45, 7) is 6.82. The van der Waals surface area contributed by atoms with E-state index >= 15 is 0 Å². The number of likely N-dealkylation sites (tertiary alicyclic amines) is 1. The van der Waals surface area contributed by atoms with E-state index in [-0.39, 0.29) is 30.1 Å². The number of carbonyl (C=O) groups is 2. The summed E-state index contributed by atoms with van der Waals surface area (Å²) in [5.74, 6) is -0.0622. The Balaban J connectivity index is 1.98. The van der Waals surface area contributed by atoms with Crippen molar-refractivity contribution in [1.29, 1.82) is 0 Å². The molecule has 5 heteroatoms. The van der Waals surface area contributed by atoms with Gasteiger partial charge in [0, 0.05) is 42.6 Å². The van der Waals surface area contributed by atoms with Crippen LogP contribution in [0.2, 0.25) is 0 Å². The highest BCUT2D eigenvalue weighted by molar-refractivity contribution is 6.04. The fourth-order valence-corrected chi connectivity index (χ4v) is 3.58. The van der Waals surface area contributed by atoms with Crippen LogP contribution in [0.3, 0.4) is 0 Å². The first-order valence-corrected chi connectivity index (χ1v) is 8.82. The van der Waals surface area contributed by atoms with Crippen LogP contribution >= 0.6 is 0 Å². The summed E-state index contributed by atoms with van der Waals surface area (Å²) in [5, 5.41) is 4.08. The molecule has 25 heavy (non-hydrogen) atoms. The maximum absolute atomic E-state index is 12.8. The molecule has 1 aliphatic heterocycles. The molecule has 5 nitrogen and oxygen atoms in total. The molecule has 1 saturated heterocycles. The van der Waals surface area contributed by atoms with Crippen molar-refractivity contribution in [1.82, 2.24) is 9.88 Å². The molecule has 0 spiro atoms. The van der Waals surface area contributed by atoms with Crippen molar-refractivity contribution in [3.8, 4) is 0 Å². The minimum atomic E-state index is -0.268. The average molecular weight is 339 g/mol. The van der Waals surface area contributed by atoms with Gasteiger partial charge in [0.05, 0.1) is 11.2 Å². The molecule has 2 aromatic rings. The van der Waals surface area contributed by atoms with Gasteiger partial charge in [-0.3, -0.25) is 14.6 Å². The summed E-state index contributed by atoms with van der Waals surface area (Å²) in [4.78, 5) is 31.2. The van der Waals surface area contributed by atoms with Crippen LogP contribution < -0.4 is 5.32 Å². The minimum Gasteiger partial charge on any atom is -0.346 e. The van der Waals surface area contributed by atoms with Gasteiger partial charge in [0.2, 0.25) is 11.8 Å². The minimum absolute atomic E-state index is 0.0336. The second-order valence-electron chi connectivity index (χ2n) is 7.15. The number of aromatic nitrogens is 1. The number of benzene rings is 1. The zero-order chi connectivity index (χ0) is 18.1. The third-order valence-electron chi connectivity index (χ3n) is 4.98. The number of nitrogens with zero attached hydrogens (tertiary/aromatic N) is 2. The number of pyridine rings is 1. The lowest BCUT2D eigenvalue weighted by Crippen LogP contribution is -2.40. The van der Waals surface area contributed by atoms with Gasteiger partial charge in [-0.05, 0) is 25.3 Å². The molecule has 1 N–H and O–H groups in total. The van der Waals surface area contributed by atoms with E-state index in [1.165, 1.54) is 0 Å². The predicted molar refractivity (Wildman–Crippen MR) is 99.6 cm³/mol. The first-order valence-electron chi connectivity index (χ1n) is 8.82. The summed E-state index contributed by atoms with van der Waals surface area (Å²) in [7, 11) is 1.78. The summed E-state index contributed by atoms with van der Waals surface area (Å²) >= 11 is 0. The highest BCUT2D eigenvalue weighted by Crippen LogP contribution is 2.34. The number of nitrogens with one attached hydrogen (secondary N) is 1. The molecular formula is C20H25N3O2. The quantitative estimate of drug-likeness (QED) is 0.931. The summed E-state index contributed by atoms with van der Waals surface area (Å²) in [6, 6.07) is 7.85. The van der Waals surface area contributed by atoms with Crippen LogP contribution in [-0.4, -0.2) is 35.3 Å². The molecule has 0 radical (unpaired) electrons. The molecule has 1 aromatic carbocycles. The number of fused-ring (bicyclic) bond motifs is 1. The number of para-hydroxylation sites is 1. The zero-order valence-electron chi connectivity index (χ0n) is 15.3. The molecule has 1 atom stereocenters. The molecule has 0 unspecified atom stereocenters. The summed E-state index contributed by atoms with van der Waals surface area (Å²) in [6.07, 6.45) is 0.981. The maximum atomic E-state index is 12.8. The largest absolute Gasteiger partial charge is 0.346 e. The van der Waals surface area contributed by atoms with E-state index in [0.717, 1.165) is 27.8 Å². The Hall–Kier alpha value is -2.43. The average Bonchev–Trinajstić information content (AvgIpc) is 2.56. The summed E-state index contributed by atoms with van der Waals surface area (Å²) < 4.78 is 0. The predicted octanol–water partition coefficient (Wildman–Crippen LogP) is 3.47. The van der Waals surface area contributed by atoms with Crippen molar-refractivity contribution in [3.63, 3.8) is 0 Å². The van der Waals surface area contributed by atoms with Gasteiger partial charge >= 0.3 is 0 Å². The van der Waals surface area contributed by atoms with E-state index in [1.54, 1.807) is 11.9 Å². The topological polar surface area (TPSA) is 62.3 Å². The van der Waals surface area contributed by atoms with Gasteiger partial charge < -0.3 is 10.2 Å². The van der Waals surface area contributed by atoms with E-state index in [2.05, 4.69) is 24.1 Å². The lowest BCUT2D eigenvalue weighted by molar-refractivity contribution is -0.137. The first kappa shape index (κ1) is 17.4. The van der Waals surface area contributed by atoms with Crippen LogP contribution in [0.25, 0.3) is 10.9 Å². The Morgan fingerprint density at radius 1 is 1.32 bits per heavy atom. The van der Waals surface area contributed by atoms with Gasteiger partial charge in [0.1, 0.15) is 0 Å². The number of rotatable bonds is 3. The SMILES string of the molecule is Cc1nc2ccccc2c(NC(=O)[C@H]2CCN(C)C(=O)C2)c1C(C)C. The van der Waals surface area contributed by atoms with Gasteiger partial charge in [-0.1, -0.05) is 32.0 Å². The molecule has 2 amide bonds. The third-order valence-corrected chi connectivity index (χ3v) is 4.98. The second kappa shape index (κ2) is 6.82.